The number of carbonyl (C=O) groups is 1. The quantitative estimate of drug-likeness (QED) is 0.515. The number of nitrogens with one attached hydrogen (secondary N) is 1. The Morgan fingerprint density at radius 3 is 2.19 bits per heavy atom. The van der Waals surface area contributed by atoms with Crippen molar-refractivity contribution < 1.29 is 17.6 Å². The van der Waals surface area contributed by atoms with E-state index in [2.05, 4.69) is 5.32 Å². The monoisotopic (exact) mass is 480 g/mol. The molecule has 0 bridgehead atoms. The fourth-order valence-corrected chi connectivity index (χ4v) is 4.32. The molecule has 162 valence electrons. The second kappa shape index (κ2) is 9.68. The molecule has 3 aromatic carbocycles. The van der Waals surface area contributed by atoms with Crippen LogP contribution in [0.4, 0.5) is 10.1 Å². The van der Waals surface area contributed by atoms with Crippen LogP contribution in [0.15, 0.2) is 66.7 Å². The van der Waals surface area contributed by atoms with Crippen LogP contribution in [-0.2, 0) is 23.1 Å². The number of benzene rings is 3. The summed E-state index contributed by atoms with van der Waals surface area (Å²) in [5.41, 5.74) is 1.76. The first-order chi connectivity index (χ1) is 14.6. The Morgan fingerprint density at radius 2 is 1.61 bits per heavy atom. The van der Waals surface area contributed by atoms with E-state index in [1.165, 1.54) is 28.6 Å². The molecule has 3 rings (SSSR count). The van der Waals surface area contributed by atoms with Gasteiger partial charge in [0.2, 0.25) is 10.0 Å². The van der Waals surface area contributed by atoms with Crippen molar-refractivity contribution in [3.8, 4) is 0 Å². The SMILES string of the molecule is CS(=O)(=O)N(Cc1ccc(C(=O)NCc2ccccc2F)cc1)c1cc(Cl)cc(Cl)c1. The number of halogens is 3. The normalized spacial score (nSPS) is 11.2. The Labute approximate surface area is 190 Å². The lowest BCUT2D eigenvalue weighted by Gasteiger charge is -2.23. The van der Waals surface area contributed by atoms with Gasteiger partial charge in [-0.3, -0.25) is 9.10 Å². The first-order valence-electron chi connectivity index (χ1n) is 9.18. The highest BCUT2D eigenvalue weighted by atomic mass is 35.5. The predicted octanol–water partition coefficient (Wildman–Crippen LogP) is 5.03. The van der Waals surface area contributed by atoms with Crippen LogP contribution in [0.25, 0.3) is 0 Å². The molecule has 0 aliphatic rings. The Morgan fingerprint density at radius 1 is 1.00 bits per heavy atom. The molecule has 0 saturated heterocycles. The van der Waals surface area contributed by atoms with Gasteiger partial charge in [-0.25, -0.2) is 12.8 Å². The molecule has 3 aromatic rings. The lowest BCUT2D eigenvalue weighted by Crippen LogP contribution is -2.29. The molecule has 0 unspecified atom stereocenters. The molecule has 9 heteroatoms. The number of hydrogen-bond acceptors (Lipinski definition) is 3. The predicted molar refractivity (Wildman–Crippen MR) is 122 cm³/mol. The number of nitrogens with zero attached hydrogens (tertiary/aromatic N) is 1. The Bertz CT molecular complexity index is 1180. The third-order valence-electron chi connectivity index (χ3n) is 4.48. The van der Waals surface area contributed by atoms with Gasteiger partial charge in [-0.15, -0.1) is 0 Å². The molecule has 0 heterocycles. The third kappa shape index (κ3) is 6.19. The maximum Gasteiger partial charge on any atom is 0.251 e. The highest BCUT2D eigenvalue weighted by Gasteiger charge is 2.19. The van der Waals surface area contributed by atoms with E-state index in [-0.39, 0.29) is 24.8 Å². The molecule has 1 amide bonds. The second-order valence-corrected chi connectivity index (χ2v) is 9.65. The second-order valence-electron chi connectivity index (χ2n) is 6.87. The van der Waals surface area contributed by atoms with Crippen LogP contribution in [0.2, 0.25) is 10.0 Å². The largest absolute Gasteiger partial charge is 0.348 e. The van der Waals surface area contributed by atoms with Gasteiger partial charge >= 0.3 is 0 Å². The van der Waals surface area contributed by atoms with Gasteiger partial charge < -0.3 is 5.32 Å². The maximum absolute atomic E-state index is 13.7. The Hall–Kier alpha value is -2.61. The highest BCUT2D eigenvalue weighted by Crippen LogP contribution is 2.28. The van der Waals surface area contributed by atoms with E-state index in [1.807, 2.05) is 0 Å². The van der Waals surface area contributed by atoms with E-state index < -0.39 is 10.0 Å². The van der Waals surface area contributed by atoms with Crippen LogP contribution in [0.1, 0.15) is 21.5 Å². The zero-order chi connectivity index (χ0) is 22.6. The lowest BCUT2D eigenvalue weighted by atomic mass is 10.1. The fraction of sp³-hybridized carbons (Fsp3) is 0.136. The van der Waals surface area contributed by atoms with Crippen molar-refractivity contribution in [1.82, 2.24) is 5.32 Å². The highest BCUT2D eigenvalue weighted by molar-refractivity contribution is 7.92. The molecule has 5 nitrogen and oxygen atoms in total. The summed E-state index contributed by atoms with van der Waals surface area (Å²) in [6, 6.07) is 17.2. The van der Waals surface area contributed by atoms with Gasteiger partial charge in [-0.2, -0.15) is 0 Å². The fourth-order valence-electron chi connectivity index (χ4n) is 2.93. The molecule has 1 N–H and O–H groups in total. The summed E-state index contributed by atoms with van der Waals surface area (Å²) < 4.78 is 39.5. The van der Waals surface area contributed by atoms with Gasteiger partial charge in [-0.1, -0.05) is 53.5 Å². The minimum absolute atomic E-state index is 0.0344. The Kier molecular flexibility index (Phi) is 7.20. The molecule has 0 aliphatic heterocycles. The minimum atomic E-state index is -3.62. The summed E-state index contributed by atoms with van der Waals surface area (Å²) in [5, 5.41) is 3.30. The molecule has 0 fully saturated rings. The van der Waals surface area contributed by atoms with Crippen LogP contribution in [0, 0.1) is 5.82 Å². The Balaban J connectivity index is 1.73. The smallest absolute Gasteiger partial charge is 0.251 e. The molecular formula is C22H19Cl2FN2O3S. The molecule has 31 heavy (non-hydrogen) atoms. The van der Waals surface area contributed by atoms with Crippen molar-refractivity contribution in [2.75, 3.05) is 10.6 Å². The molecule has 0 aliphatic carbocycles. The zero-order valence-corrected chi connectivity index (χ0v) is 18.8. The third-order valence-corrected chi connectivity index (χ3v) is 6.05. The van der Waals surface area contributed by atoms with Crippen LogP contribution >= 0.6 is 23.2 Å². The summed E-state index contributed by atoms with van der Waals surface area (Å²) in [4.78, 5) is 12.3. The van der Waals surface area contributed by atoms with Crippen LogP contribution < -0.4 is 9.62 Å². The zero-order valence-electron chi connectivity index (χ0n) is 16.5. The number of hydrogen-bond donors (Lipinski definition) is 1. The van der Waals surface area contributed by atoms with E-state index in [1.54, 1.807) is 42.5 Å². The minimum Gasteiger partial charge on any atom is -0.348 e. The van der Waals surface area contributed by atoms with E-state index in [0.717, 1.165) is 6.26 Å². The van der Waals surface area contributed by atoms with Crippen LogP contribution in [-0.4, -0.2) is 20.6 Å². The van der Waals surface area contributed by atoms with Gasteiger partial charge in [0.25, 0.3) is 5.91 Å². The van der Waals surface area contributed by atoms with Crippen molar-refractivity contribution in [3.63, 3.8) is 0 Å². The van der Waals surface area contributed by atoms with E-state index in [9.17, 15) is 17.6 Å². The van der Waals surface area contributed by atoms with Gasteiger partial charge in [0.05, 0.1) is 18.5 Å². The summed E-state index contributed by atoms with van der Waals surface area (Å²) in [6.07, 6.45) is 1.09. The van der Waals surface area contributed by atoms with Crippen LogP contribution in [0.3, 0.4) is 0 Å². The van der Waals surface area contributed by atoms with Crippen molar-refractivity contribution in [1.29, 1.82) is 0 Å². The lowest BCUT2D eigenvalue weighted by molar-refractivity contribution is 0.0950. The van der Waals surface area contributed by atoms with Gasteiger partial charge in [0, 0.05) is 27.7 Å². The molecule has 0 radical (unpaired) electrons. The molecular weight excluding hydrogens is 462 g/mol. The van der Waals surface area contributed by atoms with E-state index in [0.29, 0.717) is 32.4 Å². The standard InChI is InChI=1S/C22H19Cl2FN2O3S/c1-31(29,30)27(20-11-18(23)10-19(24)12-20)14-15-6-8-16(9-7-15)22(28)26-13-17-4-2-3-5-21(17)25/h2-12H,13-14H2,1H3,(H,26,28). The van der Waals surface area contributed by atoms with Gasteiger partial charge in [0.1, 0.15) is 5.82 Å². The van der Waals surface area contributed by atoms with E-state index >= 15 is 0 Å². The number of anilines is 1. The number of sulfonamides is 1. The average Bonchev–Trinajstić information content (AvgIpc) is 2.70. The first kappa shape index (κ1) is 23.1. The topological polar surface area (TPSA) is 66.5 Å². The van der Waals surface area contributed by atoms with Crippen molar-refractivity contribution >= 4 is 44.8 Å². The van der Waals surface area contributed by atoms with Crippen molar-refractivity contribution in [2.24, 2.45) is 0 Å². The van der Waals surface area contributed by atoms with Crippen molar-refractivity contribution in [2.45, 2.75) is 13.1 Å². The molecule has 0 aromatic heterocycles. The molecule has 0 saturated carbocycles. The van der Waals surface area contributed by atoms with Crippen molar-refractivity contribution in [3.05, 3.63) is 99.3 Å². The van der Waals surface area contributed by atoms with Gasteiger partial charge in [0.15, 0.2) is 0 Å². The number of carbonyl (C=O) groups excluding carboxylic acids is 1. The summed E-state index contributed by atoms with van der Waals surface area (Å²) in [5.74, 6) is -0.753. The van der Waals surface area contributed by atoms with Crippen LogP contribution in [0.5, 0.6) is 0 Å². The first-order valence-corrected chi connectivity index (χ1v) is 11.8. The average molecular weight is 481 g/mol. The maximum atomic E-state index is 13.7. The summed E-state index contributed by atoms with van der Waals surface area (Å²) in [7, 11) is -3.62. The summed E-state index contributed by atoms with van der Waals surface area (Å²) in [6.45, 7) is 0.0945. The number of amides is 1. The number of rotatable bonds is 7. The molecule has 0 atom stereocenters. The van der Waals surface area contributed by atoms with Gasteiger partial charge in [-0.05, 0) is 42.0 Å². The summed E-state index contributed by atoms with van der Waals surface area (Å²) >= 11 is 12.0. The van der Waals surface area contributed by atoms with E-state index in [4.69, 9.17) is 23.2 Å². The molecule has 0 spiro atoms.